The third-order valence-electron chi connectivity index (χ3n) is 4.26. The molecule has 0 aromatic rings. The molecule has 0 radical (unpaired) electrons. The van der Waals surface area contributed by atoms with Crippen molar-refractivity contribution >= 4 is 0 Å². The molecule has 1 aliphatic rings. The van der Waals surface area contributed by atoms with Gasteiger partial charge < -0.3 is 10.6 Å². The highest BCUT2D eigenvalue weighted by atomic mass is 15.1. The second-order valence-corrected chi connectivity index (χ2v) is 5.46. The van der Waals surface area contributed by atoms with Gasteiger partial charge in [0.2, 0.25) is 0 Å². The second kappa shape index (κ2) is 5.86. The predicted octanol–water partition coefficient (Wildman–Crippen LogP) is 2.63. The third kappa shape index (κ3) is 4.12. The minimum Gasteiger partial charge on any atom is -0.328 e. The standard InChI is InChI=1S/C13H28N2/c1-4-12(14)6-9-15-10-7-13(3,5-2)8-11-15/h12H,4-11,14H2,1-3H3. The monoisotopic (exact) mass is 212 g/mol. The molecule has 2 nitrogen and oxygen atoms in total. The van der Waals surface area contributed by atoms with E-state index in [4.69, 9.17) is 5.73 Å². The summed E-state index contributed by atoms with van der Waals surface area (Å²) in [4.78, 5) is 2.59. The lowest BCUT2D eigenvalue weighted by molar-refractivity contribution is 0.112. The van der Waals surface area contributed by atoms with Gasteiger partial charge in [-0.1, -0.05) is 27.2 Å². The van der Waals surface area contributed by atoms with Crippen molar-refractivity contribution in [2.45, 2.75) is 58.9 Å². The Labute approximate surface area is 95.2 Å². The smallest absolute Gasteiger partial charge is 0.00483 e. The summed E-state index contributed by atoms with van der Waals surface area (Å²) in [5.74, 6) is 0. The van der Waals surface area contributed by atoms with Gasteiger partial charge in [-0.05, 0) is 50.7 Å². The Balaban J connectivity index is 2.20. The molecule has 1 atom stereocenters. The molecule has 1 aliphatic heterocycles. The van der Waals surface area contributed by atoms with Crippen LogP contribution in [0.25, 0.3) is 0 Å². The van der Waals surface area contributed by atoms with Crippen LogP contribution in [0.5, 0.6) is 0 Å². The molecule has 1 saturated heterocycles. The van der Waals surface area contributed by atoms with Gasteiger partial charge in [-0.25, -0.2) is 0 Å². The quantitative estimate of drug-likeness (QED) is 0.759. The zero-order valence-electron chi connectivity index (χ0n) is 10.8. The van der Waals surface area contributed by atoms with E-state index in [0.29, 0.717) is 11.5 Å². The van der Waals surface area contributed by atoms with Crippen LogP contribution in [0, 0.1) is 5.41 Å². The zero-order valence-corrected chi connectivity index (χ0v) is 10.8. The fourth-order valence-electron chi connectivity index (χ4n) is 2.22. The molecule has 1 fully saturated rings. The summed E-state index contributed by atoms with van der Waals surface area (Å²) in [7, 11) is 0. The molecule has 0 spiro atoms. The maximum atomic E-state index is 5.94. The van der Waals surface area contributed by atoms with Crippen molar-refractivity contribution in [3.05, 3.63) is 0 Å². The lowest BCUT2D eigenvalue weighted by Gasteiger charge is -2.39. The fraction of sp³-hybridized carbons (Fsp3) is 1.00. The summed E-state index contributed by atoms with van der Waals surface area (Å²) in [5.41, 5.74) is 6.56. The largest absolute Gasteiger partial charge is 0.328 e. The van der Waals surface area contributed by atoms with Gasteiger partial charge in [0.1, 0.15) is 0 Å². The minimum atomic E-state index is 0.407. The van der Waals surface area contributed by atoms with Crippen molar-refractivity contribution in [1.82, 2.24) is 4.90 Å². The number of likely N-dealkylation sites (tertiary alicyclic amines) is 1. The molecular formula is C13H28N2. The maximum Gasteiger partial charge on any atom is 0.00483 e. The van der Waals surface area contributed by atoms with E-state index in [-0.39, 0.29) is 0 Å². The molecule has 1 rings (SSSR count). The van der Waals surface area contributed by atoms with Crippen molar-refractivity contribution in [3.8, 4) is 0 Å². The molecule has 0 bridgehead atoms. The zero-order chi connectivity index (χ0) is 11.3. The highest BCUT2D eigenvalue weighted by Gasteiger charge is 2.27. The van der Waals surface area contributed by atoms with Gasteiger partial charge >= 0.3 is 0 Å². The van der Waals surface area contributed by atoms with E-state index >= 15 is 0 Å². The SMILES string of the molecule is CCC(N)CCN1CCC(C)(CC)CC1. The summed E-state index contributed by atoms with van der Waals surface area (Å²) < 4.78 is 0. The number of piperidine rings is 1. The van der Waals surface area contributed by atoms with E-state index in [0.717, 1.165) is 6.42 Å². The molecule has 1 heterocycles. The molecule has 0 amide bonds. The summed E-state index contributed by atoms with van der Waals surface area (Å²) >= 11 is 0. The first-order valence-electron chi connectivity index (χ1n) is 6.57. The van der Waals surface area contributed by atoms with Crippen molar-refractivity contribution in [2.75, 3.05) is 19.6 Å². The number of nitrogens with zero attached hydrogens (tertiary/aromatic N) is 1. The van der Waals surface area contributed by atoms with Crippen LogP contribution >= 0.6 is 0 Å². The van der Waals surface area contributed by atoms with E-state index in [1.54, 1.807) is 0 Å². The van der Waals surface area contributed by atoms with Crippen LogP contribution in [0.1, 0.15) is 52.9 Å². The van der Waals surface area contributed by atoms with Crippen molar-refractivity contribution < 1.29 is 0 Å². The van der Waals surface area contributed by atoms with Gasteiger partial charge in [0.15, 0.2) is 0 Å². The van der Waals surface area contributed by atoms with Gasteiger partial charge in [0, 0.05) is 6.04 Å². The Morgan fingerprint density at radius 2 is 1.87 bits per heavy atom. The van der Waals surface area contributed by atoms with E-state index in [1.165, 1.54) is 45.3 Å². The Kier molecular flexibility index (Phi) is 5.07. The Morgan fingerprint density at radius 3 is 2.33 bits per heavy atom. The van der Waals surface area contributed by atoms with E-state index in [9.17, 15) is 0 Å². The topological polar surface area (TPSA) is 29.3 Å². The average molecular weight is 212 g/mol. The number of nitrogens with two attached hydrogens (primary N) is 1. The molecule has 2 N–H and O–H groups in total. The normalized spacial score (nSPS) is 24.0. The van der Waals surface area contributed by atoms with Crippen LogP contribution in [-0.4, -0.2) is 30.6 Å². The van der Waals surface area contributed by atoms with E-state index < -0.39 is 0 Å². The third-order valence-corrected chi connectivity index (χ3v) is 4.26. The van der Waals surface area contributed by atoms with Crippen LogP contribution in [0.4, 0.5) is 0 Å². The summed E-state index contributed by atoms with van der Waals surface area (Å²) in [6.45, 7) is 10.7. The summed E-state index contributed by atoms with van der Waals surface area (Å²) in [5, 5.41) is 0. The van der Waals surface area contributed by atoms with Gasteiger partial charge in [0.05, 0.1) is 0 Å². The molecule has 0 saturated carbocycles. The van der Waals surface area contributed by atoms with Gasteiger partial charge in [-0.2, -0.15) is 0 Å². The fourth-order valence-corrected chi connectivity index (χ4v) is 2.22. The van der Waals surface area contributed by atoms with Crippen molar-refractivity contribution in [3.63, 3.8) is 0 Å². The van der Waals surface area contributed by atoms with Crippen LogP contribution in [0.3, 0.4) is 0 Å². The number of hydrogen-bond acceptors (Lipinski definition) is 2. The van der Waals surface area contributed by atoms with Crippen LogP contribution in [0.2, 0.25) is 0 Å². The first kappa shape index (κ1) is 13.0. The van der Waals surface area contributed by atoms with Gasteiger partial charge in [-0.15, -0.1) is 0 Å². The molecule has 15 heavy (non-hydrogen) atoms. The Bertz CT molecular complexity index is 169. The molecular weight excluding hydrogens is 184 g/mol. The first-order valence-corrected chi connectivity index (χ1v) is 6.57. The van der Waals surface area contributed by atoms with Crippen molar-refractivity contribution in [2.24, 2.45) is 11.1 Å². The summed E-state index contributed by atoms with van der Waals surface area (Å²) in [6, 6.07) is 0.407. The number of hydrogen-bond donors (Lipinski definition) is 1. The number of rotatable bonds is 5. The van der Waals surface area contributed by atoms with Crippen LogP contribution in [0.15, 0.2) is 0 Å². The maximum absolute atomic E-state index is 5.94. The highest BCUT2D eigenvalue weighted by Crippen LogP contribution is 2.33. The Morgan fingerprint density at radius 1 is 1.27 bits per heavy atom. The highest BCUT2D eigenvalue weighted by molar-refractivity contribution is 4.81. The van der Waals surface area contributed by atoms with Gasteiger partial charge in [-0.3, -0.25) is 0 Å². The molecule has 2 heteroatoms. The molecule has 0 aliphatic carbocycles. The van der Waals surface area contributed by atoms with Crippen LogP contribution in [-0.2, 0) is 0 Å². The molecule has 1 unspecified atom stereocenters. The van der Waals surface area contributed by atoms with Crippen LogP contribution < -0.4 is 5.73 Å². The predicted molar refractivity (Wildman–Crippen MR) is 67.0 cm³/mol. The van der Waals surface area contributed by atoms with Crippen molar-refractivity contribution in [1.29, 1.82) is 0 Å². The van der Waals surface area contributed by atoms with E-state index in [2.05, 4.69) is 25.7 Å². The molecule has 0 aromatic carbocycles. The van der Waals surface area contributed by atoms with E-state index in [1.807, 2.05) is 0 Å². The minimum absolute atomic E-state index is 0.407. The first-order chi connectivity index (χ1) is 7.09. The molecule has 90 valence electrons. The second-order valence-electron chi connectivity index (χ2n) is 5.46. The Hall–Kier alpha value is -0.0800. The average Bonchev–Trinajstić information content (AvgIpc) is 2.28. The lowest BCUT2D eigenvalue weighted by atomic mass is 9.78. The van der Waals surface area contributed by atoms with Gasteiger partial charge in [0.25, 0.3) is 0 Å². The lowest BCUT2D eigenvalue weighted by Crippen LogP contribution is -2.40. The summed E-state index contributed by atoms with van der Waals surface area (Å²) in [6.07, 6.45) is 6.34. The molecule has 0 aromatic heterocycles.